The van der Waals surface area contributed by atoms with E-state index in [0.29, 0.717) is 11.6 Å². The number of aromatic amines is 1. The van der Waals surface area contributed by atoms with Gasteiger partial charge in [0.1, 0.15) is 0 Å². The van der Waals surface area contributed by atoms with Crippen LogP contribution in [0.3, 0.4) is 0 Å². The van der Waals surface area contributed by atoms with Gasteiger partial charge < -0.3 is 5.32 Å². The van der Waals surface area contributed by atoms with E-state index in [1.807, 2.05) is 6.92 Å². The van der Waals surface area contributed by atoms with Gasteiger partial charge in [0.2, 0.25) is 5.91 Å². The first-order valence-corrected chi connectivity index (χ1v) is 8.56. The Morgan fingerprint density at radius 1 is 1.35 bits per heavy atom. The Hall–Kier alpha value is -1.40. The van der Waals surface area contributed by atoms with E-state index in [9.17, 15) is 4.79 Å². The quantitative estimate of drug-likeness (QED) is 0.837. The lowest BCUT2D eigenvalue weighted by molar-refractivity contribution is -0.113. The number of H-pyrrole nitrogens is 1. The number of carbonyl (C=O) groups excluding carboxylic acids is 1. The molecule has 2 aromatic rings. The monoisotopic (exact) mass is 305 g/mol. The van der Waals surface area contributed by atoms with E-state index in [-0.39, 0.29) is 11.2 Å². The SMILES string of the molecule is CSc1ccc(C2SCC(=O)Nc3n[nH]c(C)c32)cc1. The largest absolute Gasteiger partial charge is 0.308 e. The molecule has 1 atom stereocenters. The van der Waals surface area contributed by atoms with Crippen molar-refractivity contribution >= 4 is 35.2 Å². The fourth-order valence-corrected chi connectivity index (χ4v) is 3.91. The molecule has 0 aliphatic carbocycles. The van der Waals surface area contributed by atoms with Crippen LogP contribution in [0.15, 0.2) is 29.2 Å². The summed E-state index contributed by atoms with van der Waals surface area (Å²) in [6.45, 7) is 1.99. The zero-order valence-corrected chi connectivity index (χ0v) is 12.9. The molecule has 1 aromatic heterocycles. The first-order valence-electron chi connectivity index (χ1n) is 6.29. The number of nitrogens with zero attached hydrogens (tertiary/aromatic N) is 1. The van der Waals surface area contributed by atoms with Crippen LogP contribution in [0.25, 0.3) is 0 Å². The van der Waals surface area contributed by atoms with Crippen LogP contribution in [0, 0.1) is 6.92 Å². The molecule has 0 fully saturated rings. The Bertz CT molecular complexity index is 636. The molecule has 1 aliphatic rings. The van der Waals surface area contributed by atoms with Crippen molar-refractivity contribution in [3.63, 3.8) is 0 Å². The van der Waals surface area contributed by atoms with Crippen LogP contribution < -0.4 is 5.32 Å². The molecule has 3 rings (SSSR count). The number of anilines is 1. The Morgan fingerprint density at radius 3 is 2.80 bits per heavy atom. The number of aryl methyl sites for hydroxylation is 1. The minimum absolute atomic E-state index is 0.00554. The number of hydrogen-bond acceptors (Lipinski definition) is 4. The van der Waals surface area contributed by atoms with Crippen LogP contribution in [0.4, 0.5) is 5.82 Å². The zero-order valence-electron chi connectivity index (χ0n) is 11.3. The Kier molecular flexibility index (Phi) is 3.76. The Labute approximate surface area is 126 Å². The lowest BCUT2D eigenvalue weighted by Gasteiger charge is -2.15. The maximum atomic E-state index is 11.7. The topological polar surface area (TPSA) is 57.8 Å². The molecule has 1 unspecified atom stereocenters. The number of thioether (sulfide) groups is 2. The molecule has 1 aromatic carbocycles. The van der Waals surface area contributed by atoms with Crippen LogP contribution in [0.1, 0.15) is 22.1 Å². The molecule has 0 saturated heterocycles. The maximum absolute atomic E-state index is 11.7. The Balaban J connectivity index is 2.03. The number of benzene rings is 1. The van der Waals surface area contributed by atoms with Gasteiger partial charge in [0.25, 0.3) is 0 Å². The van der Waals surface area contributed by atoms with Crippen molar-refractivity contribution in [1.82, 2.24) is 10.2 Å². The molecule has 104 valence electrons. The summed E-state index contributed by atoms with van der Waals surface area (Å²) in [7, 11) is 0. The van der Waals surface area contributed by atoms with Gasteiger partial charge >= 0.3 is 0 Å². The minimum atomic E-state index is 0.00554. The predicted octanol–water partition coefficient (Wildman–Crippen LogP) is 3.21. The van der Waals surface area contributed by atoms with Crippen molar-refractivity contribution in [2.75, 3.05) is 17.3 Å². The number of nitrogens with one attached hydrogen (secondary N) is 2. The van der Waals surface area contributed by atoms with E-state index < -0.39 is 0 Å². The standard InChI is InChI=1S/C14H15N3OS2/c1-8-12-13(9-3-5-10(19-2)6-4-9)20-7-11(18)15-14(12)17-16-8/h3-6,13H,7H2,1-2H3,(H2,15,16,17,18). The van der Waals surface area contributed by atoms with E-state index >= 15 is 0 Å². The van der Waals surface area contributed by atoms with Crippen LogP contribution >= 0.6 is 23.5 Å². The summed E-state index contributed by atoms with van der Waals surface area (Å²) in [5.41, 5.74) is 3.29. The summed E-state index contributed by atoms with van der Waals surface area (Å²) in [4.78, 5) is 13.0. The normalized spacial score (nSPS) is 18.3. The molecule has 2 heterocycles. The molecule has 0 bridgehead atoms. The fourth-order valence-electron chi connectivity index (χ4n) is 2.31. The lowest BCUT2D eigenvalue weighted by Crippen LogP contribution is -2.12. The highest BCUT2D eigenvalue weighted by Crippen LogP contribution is 2.42. The second-order valence-electron chi connectivity index (χ2n) is 4.62. The molecule has 20 heavy (non-hydrogen) atoms. The van der Waals surface area contributed by atoms with Gasteiger partial charge in [-0.2, -0.15) is 5.10 Å². The van der Waals surface area contributed by atoms with Gasteiger partial charge in [-0.25, -0.2) is 0 Å². The number of amides is 1. The zero-order chi connectivity index (χ0) is 14.1. The van der Waals surface area contributed by atoms with E-state index in [2.05, 4.69) is 46.0 Å². The molecule has 0 saturated carbocycles. The molecule has 6 heteroatoms. The molecule has 0 radical (unpaired) electrons. The molecule has 2 N–H and O–H groups in total. The molecule has 1 amide bonds. The van der Waals surface area contributed by atoms with Gasteiger partial charge in [0.05, 0.1) is 11.0 Å². The van der Waals surface area contributed by atoms with E-state index in [1.54, 1.807) is 23.5 Å². The van der Waals surface area contributed by atoms with Gasteiger partial charge in [0, 0.05) is 16.2 Å². The van der Waals surface area contributed by atoms with Crippen molar-refractivity contribution in [3.05, 3.63) is 41.1 Å². The van der Waals surface area contributed by atoms with Gasteiger partial charge in [-0.1, -0.05) is 12.1 Å². The molecule has 1 aliphatic heterocycles. The highest BCUT2D eigenvalue weighted by atomic mass is 32.2. The summed E-state index contributed by atoms with van der Waals surface area (Å²) in [6, 6.07) is 8.51. The van der Waals surface area contributed by atoms with Crippen LogP contribution in [-0.4, -0.2) is 28.1 Å². The van der Waals surface area contributed by atoms with Crippen LogP contribution in [0.2, 0.25) is 0 Å². The van der Waals surface area contributed by atoms with Crippen molar-refractivity contribution in [2.24, 2.45) is 0 Å². The van der Waals surface area contributed by atoms with Gasteiger partial charge in [-0.3, -0.25) is 9.89 Å². The van der Waals surface area contributed by atoms with E-state index in [4.69, 9.17) is 0 Å². The van der Waals surface area contributed by atoms with Crippen molar-refractivity contribution in [2.45, 2.75) is 17.1 Å². The van der Waals surface area contributed by atoms with Gasteiger partial charge in [-0.05, 0) is 30.9 Å². The van der Waals surface area contributed by atoms with Crippen molar-refractivity contribution in [1.29, 1.82) is 0 Å². The first kappa shape index (κ1) is 13.6. The molecular weight excluding hydrogens is 290 g/mol. The van der Waals surface area contributed by atoms with Crippen molar-refractivity contribution < 1.29 is 4.79 Å². The number of fused-ring (bicyclic) bond motifs is 1. The fraction of sp³-hybridized carbons (Fsp3) is 0.286. The summed E-state index contributed by atoms with van der Waals surface area (Å²) >= 11 is 3.37. The average Bonchev–Trinajstić information content (AvgIpc) is 2.72. The number of carbonyl (C=O) groups is 1. The highest BCUT2D eigenvalue weighted by Gasteiger charge is 2.27. The number of rotatable bonds is 2. The Morgan fingerprint density at radius 2 is 2.10 bits per heavy atom. The van der Waals surface area contributed by atoms with E-state index in [1.165, 1.54) is 10.5 Å². The van der Waals surface area contributed by atoms with Crippen LogP contribution in [0.5, 0.6) is 0 Å². The molecule has 4 nitrogen and oxygen atoms in total. The molecule has 0 spiro atoms. The van der Waals surface area contributed by atoms with Gasteiger partial charge in [0.15, 0.2) is 5.82 Å². The predicted molar refractivity (Wildman–Crippen MR) is 84.5 cm³/mol. The summed E-state index contributed by atoms with van der Waals surface area (Å²) in [6.07, 6.45) is 2.07. The van der Waals surface area contributed by atoms with Gasteiger partial charge in [-0.15, -0.1) is 23.5 Å². The van der Waals surface area contributed by atoms with E-state index in [0.717, 1.165) is 11.3 Å². The number of hydrogen-bond donors (Lipinski definition) is 2. The lowest BCUT2D eigenvalue weighted by atomic mass is 10.0. The summed E-state index contributed by atoms with van der Waals surface area (Å²) in [5.74, 6) is 1.12. The maximum Gasteiger partial charge on any atom is 0.235 e. The van der Waals surface area contributed by atoms with Crippen LogP contribution in [-0.2, 0) is 4.79 Å². The average molecular weight is 305 g/mol. The smallest absolute Gasteiger partial charge is 0.235 e. The third-order valence-corrected chi connectivity index (χ3v) is 5.33. The highest BCUT2D eigenvalue weighted by molar-refractivity contribution is 8.00. The second kappa shape index (κ2) is 5.54. The summed E-state index contributed by atoms with van der Waals surface area (Å²) < 4.78 is 0. The number of aromatic nitrogens is 2. The molecular formula is C14H15N3OS2. The minimum Gasteiger partial charge on any atom is -0.308 e. The third kappa shape index (κ3) is 2.45. The third-order valence-electron chi connectivity index (χ3n) is 3.31. The second-order valence-corrected chi connectivity index (χ2v) is 6.60. The first-order chi connectivity index (χ1) is 9.69. The van der Waals surface area contributed by atoms with Crippen molar-refractivity contribution in [3.8, 4) is 0 Å². The summed E-state index contributed by atoms with van der Waals surface area (Å²) in [5, 5.41) is 10.2.